The molecule has 5 nitrogen and oxygen atoms in total. The van der Waals surface area contributed by atoms with Crippen molar-refractivity contribution in [3.63, 3.8) is 0 Å². The van der Waals surface area contributed by atoms with Gasteiger partial charge in [-0.3, -0.25) is 4.79 Å². The highest BCUT2D eigenvalue weighted by molar-refractivity contribution is 7.98. The Balaban J connectivity index is 2.68. The average Bonchev–Trinajstić information content (AvgIpc) is 2.34. The zero-order valence-electron chi connectivity index (χ0n) is 10.8. The molecule has 1 N–H and O–H groups in total. The first-order valence-electron chi connectivity index (χ1n) is 5.60. The number of nitrogens with zero attached hydrogens (tertiary/aromatic N) is 3. The third kappa shape index (κ3) is 4.00. The summed E-state index contributed by atoms with van der Waals surface area (Å²) in [5.41, 5.74) is 2.85. The van der Waals surface area contributed by atoms with Gasteiger partial charge in [0.15, 0.2) is 5.16 Å². The Kier molecular flexibility index (Phi) is 5.59. The molecule has 6 heteroatoms. The molecular formula is C12H16N4OS. The van der Waals surface area contributed by atoms with Gasteiger partial charge < -0.3 is 5.32 Å². The number of thioether (sulfide) groups is 1. The van der Waals surface area contributed by atoms with Crippen molar-refractivity contribution in [2.45, 2.75) is 31.8 Å². The van der Waals surface area contributed by atoms with Crippen LogP contribution in [0.2, 0.25) is 0 Å². The number of amides is 1. The van der Waals surface area contributed by atoms with Gasteiger partial charge in [-0.2, -0.15) is 5.26 Å². The van der Waals surface area contributed by atoms with E-state index in [1.165, 1.54) is 11.8 Å². The molecule has 96 valence electrons. The molecule has 1 aromatic heterocycles. The Morgan fingerprint density at radius 1 is 1.39 bits per heavy atom. The van der Waals surface area contributed by atoms with Crippen LogP contribution in [-0.4, -0.2) is 28.7 Å². The van der Waals surface area contributed by atoms with Crippen molar-refractivity contribution in [1.29, 1.82) is 5.26 Å². The lowest BCUT2D eigenvalue weighted by Gasteiger charge is -2.09. The van der Waals surface area contributed by atoms with Gasteiger partial charge in [0.2, 0.25) is 5.91 Å². The van der Waals surface area contributed by atoms with Gasteiger partial charge in [0.25, 0.3) is 0 Å². The fraction of sp³-hybridized carbons (Fsp3) is 0.500. The molecule has 1 heterocycles. The average molecular weight is 264 g/mol. The van der Waals surface area contributed by atoms with Gasteiger partial charge in [-0.1, -0.05) is 11.8 Å². The number of nitriles is 1. The molecule has 0 radical (unpaired) electrons. The van der Waals surface area contributed by atoms with Crippen LogP contribution < -0.4 is 5.32 Å². The number of hydrogen-bond acceptors (Lipinski definition) is 5. The van der Waals surface area contributed by atoms with Gasteiger partial charge >= 0.3 is 0 Å². The van der Waals surface area contributed by atoms with E-state index in [0.717, 1.165) is 22.1 Å². The predicted octanol–water partition coefficient (Wildman–Crippen LogP) is 1.39. The number of carbonyl (C=O) groups excluding carboxylic acids is 1. The number of aromatic nitrogens is 2. The van der Waals surface area contributed by atoms with Gasteiger partial charge in [-0.15, -0.1) is 0 Å². The van der Waals surface area contributed by atoms with Gasteiger partial charge in [-0.25, -0.2) is 9.97 Å². The van der Waals surface area contributed by atoms with Gasteiger partial charge in [0.1, 0.15) is 6.54 Å². The van der Waals surface area contributed by atoms with Crippen molar-refractivity contribution >= 4 is 17.7 Å². The molecule has 0 aliphatic heterocycles. The van der Waals surface area contributed by atoms with E-state index in [0.29, 0.717) is 12.8 Å². The zero-order chi connectivity index (χ0) is 13.5. The summed E-state index contributed by atoms with van der Waals surface area (Å²) < 4.78 is 0. The van der Waals surface area contributed by atoms with E-state index >= 15 is 0 Å². The first kappa shape index (κ1) is 14.5. The molecule has 1 aromatic rings. The summed E-state index contributed by atoms with van der Waals surface area (Å²) in [5, 5.41) is 11.6. The second-order valence-corrected chi connectivity index (χ2v) is 4.57. The maximum atomic E-state index is 11.4. The van der Waals surface area contributed by atoms with Crippen molar-refractivity contribution < 1.29 is 4.79 Å². The summed E-state index contributed by atoms with van der Waals surface area (Å²) in [6, 6.07) is 1.88. The summed E-state index contributed by atoms with van der Waals surface area (Å²) in [6.07, 6.45) is 2.89. The highest BCUT2D eigenvalue weighted by Crippen LogP contribution is 2.16. The second-order valence-electron chi connectivity index (χ2n) is 3.79. The number of carbonyl (C=O) groups is 1. The maximum Gasteiger partial charge on any atom is 0.221 e. The van der Waals surface area contributed by atoms with Crippen molar-refractivity contribution in [1.82, 2.24) is 15.3 Å². The van der Waals surface area contributed by atoms with E-state index in [1.54, 1.807) is 0 Å². The quantitative estimate of drug-likeness (QED) is 0.494. The van der Waals surface area contributed by atoms with Gasteiger partial charge in [-0.05, 0) is 32.1 Å². The number of hydrogen-bond donors (Lipinski definition) is 1. The van der Waals surface area contributed by atoms with Crippen molar-refractivity contribution in [2.75, 3.05) is 12.8 Å². The van der Waals surface area contributed by atoms with Crippen molar-refractivity contribution in [3.05, 3.63) is 17.0 Å². The predicted molar refractivity (Wildman–Crippen MR) is 70.2 cm³/mol. The molecule has 1 amide bonds. The van der Waals surface area contributed by atoms with E-state index in [2.05, 4.69) is 15.3 Å². The minimum atomic E-state index is -0.121. The van der Waals surface area contributed by atoms with E-state index in [1.807, 2.05) is 26.2 Å². The van der Waals surface area contributed by atoms with Crippen LogP contribution in [0.5, 0.6) is 0 Å². The summed E-state index contributed by atoms with van der Waals surface area (Å²) in [7, 11) is 0. The van der Waals surface area contributed by atoms with Gasteiger partial charge in [0.05, 0.1) is 6.07 Å². The minimum absolute atomic E-state index is 0.0543. The largest absolute Gasteiger partial charge is 0.343 e. The normalized spacial score (nSPS) is 9.89. The molecule has 0 aliphatic rings. The molecule has 0 saturated heterocycles. The standard InChI is InChI=1S/C12H16N4OS/c1-8-10(4-5-11(17)14-7-6-13)9(2)16-12(15-8)18-3/h4-5,7H2,1-3H3,(H,14,17). The molecule has 0 bridgehead atoms. The summed E-state index contributed by atoms with van der Waals surface area (Å²) in [6.45, 7) is 3.91. The monoisotopic (exact) mass is 264 g/mol. The van der Waals surface area contributed by atoms with E-state index < -0.39 is 0 Å². The van der Waals surface area contributed by atoms with E-state index in [9.17, 15) is 4.79 Å². The molecule has 18 heavy (non-hydrogen) atoms. The van der Waals surface area contributed by atoms with Crippen molar-refractivity contribution in [3.8, 4) is 6.07 Å². The highest BCUT2D eigenvalue weighted by atomic mass is 32.2. The lowest BCUT2D eigenvalue weighted by atomic mass is 10.1. The van der Waals surface area contributed by atoms with E-state index in [4.69, 9.17) is 5.26 Å². The van der Waals surface area contributed by atoms with Crippen LogP contribution in [0.3, 0.4) is 0 Å². The Bertz CT molecular complexity index is 458. The highest BCUT2D eigenvalue weighted by Gasteiger charge is 2.10. The molecular weight excluding hydrogens is 248 g/mol. The molecule has 0 spiro atoms. The third-order valence-electron chi connectivity index (χ3n) is 2.55. The fourth-order valence-electron chi connectivity index (χ4n) is 1.63. The molecule has 0 fully saturated rings. The van der Waals surface area contributed by atoms with Crippen LogP contribution in [0.25, 0.3) is 0 Å². The van der Waals surface area contributed by atoms with E-state index in [-0.39, 0.29) is 12.5 Å². The van der Waals surface area contributed by atoms with Crippen LogP contribution in [0.4, 0.5) is 0 Å². The second kappa shape index (κ2) is 6.97. The Morgan fingerprint density at radius 2 is 2.00 bits per heavy atom. The van der Waals surface area contributed by atoms with Crippen LogP contribution in [-0.2, 0) is 11.2 Å². The van der Waals surface area contributed by atoms with Crippen LogP contribution in [0.1, 0.15) is 23.4 Å². The first-order valence-corrected chi connectivity index (χ1v) is 6.82. The summed E-state index contributed by atoms with van der Waals surface area (Å²) in [5.74, 6) is -0.121. The Hall–Kier alpha value is -1.61. The number of nitrogens with one attached hydrogen (secondary N) is 1. The lowest BCUT2D eigenvalue weighted by Crippen LogP contribution is -2.24. The van der Waals surface area contributed by atoms with Crippen LogP contribution in [0.15, 0.2) is 5.16 Å². The maximum absolute atomic E-state index is 11.4. The third-order valence-corrected chi connectivity index (χ3v) is 3.10. The number of aryl methyl sites for hydroxylation is 2. The smallest absolute Gasteiger partial charge is 0.221 e. The summed E-state index contributed by atoms with van der Waals surface area (Å²) in [4.78, 5) is 20.1. The lowest BCUT2D eigenvalue weighted by molar-refractivity contribution is -0.120. The fourth-order valence-corrected chi connectivity index (χ4v) is 2.08. The zero-order valence-corrected chi connectivity index (χ0v) is 11.6. The molecule has 0 unspecified atom stereocenters. The van der Waals surface area contributed by atoms with Gasteiger partial charge in [0, 0.05) is 17.8 Å². The molecule has 0 atom stereocenters. The number of rotatable bonds is 5. The van der Waals surface area contributed by atoms with Crippen LogP contribution >= 0.6 is 11.8 Å². The SMILES string of the molecule is CSc1nc(C)c(CCC(=O)NCC#N)c(C)n1. The summed E-state index contributed by atoms with van der Waals surface area (Å²) >= 11 is 1.50. The molecule has 0 aromatic carbocycles. The minimum Gasteiger partial charge on any atom is -0.343 e. The Labute approximate surface area is 111 Å². The molecule has 0 aliphatic carbocycles. The first-order chi connectivity index (χ1) is 8.58. The topological polar surface area (TPSA) is 78.7 Å². The van der Waals surface area contributed by atoms with Crippen molar-refractivity contribution in [2.24, 2.45) is 0 Å². The van der Waals surface area contributed by atoms with Crippen LogP contribution in [0, 0.1) is 25.2 Å². The molecule has 1 rings (SSSR count). The molecule has 0 saturated carbocycles. The Morgan fingerprint density at radius 3 is 2.50 bits per heavy atom.